The first kappa shape index (κ1) is 45.2. The van der Waals surface area contributed by atoms with Gasteiger partial charge in [0.05, 0.1) is 44.2 Å². The van der Waals surface area contributed by atoms with Crippen molar-refractivity contribution < 1.29 is 61.8 Å². The van der Waals surface area contributed by atoms with E-state index in [2.05, 4.69) is 4.98 Å². The van der Waals surface area contributed by atoms with E-state index < -0.39 is 79.4 Å². The monoisotopic (exact) mass is 819 g/mol. The summed E-state index contributed by atoms with van der Waals surface area (Å²) in [6.45, 7) is 7.60. The van der Waals surface area contributed by atoms with Crippen LogP contribution in [0.4, 0.5) is 10.6 Å². The van der Waals surface area contributed by atoms with Crippen molar-refractivity contribution in [2.75, 3.05) is 77.1 Å². The fraction of sp³-hybridized carbons (Fsp3) is 0.605. The number of anilines is 1. The van der Waals surface area contributed by atoms with Crippen LogP contribution in [-0.4, -0.2) is 160 Å². The van der Waals surface area contributed by atoms with Gasteiger partial charge >= 0.3 is 31.5 Å². The maximum atomic E-state index is 15.1. The Morgan fingerprint density at radius 3 is 2.19 bits per heavy atom. The Balaban J connectivity index is 1.84. The maximum Gasteiger partial charge on any atom is 0.410 e. The second-order valence-corrected chi connectivity index (χ2v) is 16.5. The predicted molar refractivity (Wildman–Crippen MR) is 207 cm³/mol. The SMILES string of the molecule is CCCCOC(=O)N1CC[N+](CC(=O)OC(C)C)(C(=O)[C@H](CP(=O)(O)O)N(CC(=O)OC(C)C)C(=O)c2cc(N3CC[C@H](OC)C3)nc(-c3ccccc3)n2)CC1. The van der Waals surface area contributed by atoms with Gasteiger partial charge < -0.3 is 38.5 Å². The van der Waals surface area contributed by atoms with Crippen LogP contribution in [0.25, 0.3) is 11.4 Å². The molecule has 1 aromatic carbocycles. The highest BCUT2D eigenvalue weighted by Crippen LogP contribution is 2.38. The molecule has 3 heterocycles. The normalized spacial score (nSPS) is 17.3. The van der Waals surface area contributed by atoms with Crippen LogP contribution in [0.3, 0.4) is 0 Å². The van der Waals surface area contributed by atoms with Gasteiger partial charge in [0.1, 0.15) is 31.1 Å². The Hall–Kier alpha value is -4.48. The molecule has 4 rings (SSSR count). The van der Waals surface area contributed by atoms with Crippen LogP contribution in [0.1, 0.15) is 64.4 Å². The van der Waals surface area contributed by atoms with Crippen molar-refractivity contribution in [3.8, 4) is 11.4 Å². The summed E-state index contributed by atoms with van der Waals surface area (Å²) >= 11 is 0. The molecule has 57 heavy (non-hydrogen) atoms. The average molecular weight is 820 g/mol. The molecule has 0 spiro atoms. The number of quaternary nitrogens is 1. The minimum Gasteiger partial charge on any atom is -0.462 e. The molecular formula is C38H56N6O12P+. The highest BCUT2D eigenvalue weighted by atomic mass is 31.2. The predicted octanol–water partition coefficient (Wildman–Crippen LogP) is 2.86. The first-order chi connectivity index (χ1) is 26.9. The number of piperazine rings is 1. The van der Waals surface area contributed by atoms with Crippen molar-refractivity contribution in [1.29, 1.82) is 0 Å². The fourth-order valence-electron chi connectivity index (χ4n) is 6.74. The minimum atomic E-state index is -5.14. The Labute approximate surface area is 333 Å². The van der Waals surface area contributed by atoms with E-state index in [0.29, 0.717) is 37.3 Å². The van der Waals surface area contributed by atoms with Crippen molar-refractivity contribution in [2.45, 2.75) is 78.2 Å². The van der Waals surface area contributed by atoms with Crippen LogP contribution in [0.5, 0.6) is 0 Å². The molecule has 2 aromatic rings. The number of carbonyl (C=O) groups is 5. The third-order valence-corrected chi connectivity index (χ3v) is 10.4. The molecule has 0 bridgehead atoms. The number of benzene rings is 1. The Kier molecular flexibility index (Phi) is 16.1. The lowest BCUT2D eigenvalue weighted by Crippen LogP contribution is -2.69. The second kappa shape index (κ2) is 20.3. The van der Waals surface area contributed by atoms with E-state index in [9.17, 15) is 33.5 Å². The number of esters is 2. The number of carbonyl (C=O) groups excluding carboxylic acids is 5. The molecule has 1 aromatic heterocycles. The zero-order valence-electron chi connectivity index (χ0n) is 33.6. The van der Waals surface area contributed by atoms with Gasteiger partial charge in [0, 0.05) is 31.8 Å². The van der Waals surface area contributed by atoms with Crippen molar-refractivity contribution in [3.63, 3.8) is 0 Å². The largest absolute Gasteiger partial charge is 0.462 e. The van der Waals surface area contributed by atoms with Crippen LogP contribution in [-0.2, 0) is 37.9 Å². The Morgan fingerprint density at radius 2 is 1.61 bits per heavy atom. The lowest BCUT2D eigenvalue weighted by atomic mass is 10.1. The summed E-state index contributed by atoms with van der Waals surface area (Å²) in [5.74, 6) is -3.17. The van der Waals surface area contributed by atoms with Gasteiger partial charge in [0.15, 0.2) is 18.4 Å². The molecule has 0 saturated carbocycles. The molecule has 0 radical (unpaired) electrons. The van der Waals surface area contributed by atoms with E-state index in [1.54, 1.807) is 65.1 Å². The number of rotatable bonds is 17. The number of unbranched alkanes of at least 4 members (excludes halogenated alkanes) is 1. The number of hydrogen-bond donors (Lipinski definition) is 2. The minimum absolute atomic E-state index is 0.0639. The molecule has 0 unspecified atom stereocenters. The fourth-order valence-corrected chi connectivity index (χ4v) is 7.55. The van der Waals surface area contributed by atoms with Crippen LogP contribution in [0, 0.1) is 0 Å². The van der Waals surface area contributed by atoms with Gasteiger partial charge in [-0.2, -0.15) is 0 Å². The molecule has 2 atom stereocenters. The van der Waals surface area contributed by atoms with Crippen molar-refractivity contribution >= 4 is 43.3 Å². The van der Waals surface area contributed by atoms with Gasteiger partial charge in [0.2, 0.25) is 0 Å². The molecule has 2 aliphatic heterocycles. The van der Waals surface area contributed by atoms with Crippen LogP contribution in [0.15, 0.2) is 36.4 Å². The Bertz CT molecular complexity index is 1770. The van der Waals surface area contributed by atoms with E-state index >= 15 is 4.79 Å². The van der Waals surface area contributed by atoms with Crippen LogP contribution in [0.2, 0.25) is 0 Å². The third-order valence-electron chi connectivity index (χ3n) is 9.61. The van der Waals surface area contributed by atoms with E-state index in [4.69, 9.17) is 23.9 Å². The molecule has 3 amide bonds. The first-order valence-electron chi connectivity index (χ1n) is 19.2. The summed E-state index contributed by atoms with van der Waals surface area (Å²) in [6.07, 6.45) is -0.967. The molecule has 18 nitrogen and oxygen atoms in total. The van der Waals surface area contributed by atoms with Gasteiger partial charge in [-0.15, -0.1) is 0 Å². The van der Waals surface area contributed by atoms with E-state index in [0.717, 1.165) is 11.3 Å². The first-order valence-corrected chi connectivity index (χ1v) is 21.0. The second-order valence-electron chi connectivity index (χ2n) is 14.8. The van der Waals surface area contributed by atoms with Crippen molar-refractivity contribution in [1.82, 2.24) is 19.8 Å². The summed E-state index contributed by atoms with van der Waals surface area (Å²) in [4.78, 5) is 104. The maximum absolute atomic E-state index is 15.1. The molecule has 0 aliphatic carbocycles. The molecule has 2 N–H and O–H groups in total. The number of methoxy groups -OCH3 is 1. The third kappa shape index (κ3) is 12.8. The summed E-state index contributed by atoms with van der Waals surface area (Å²) in [5, 5.41) is 0. The van der Waals surface area contributed by atoms with E-state index in [-0.39, 0.29) is 50.4 Å². The number of nitrogens with zero attached hydrogens (tertiary/aromatic N) is 6. The molecule has 2 fully saturated rings. The standard InChI is InChI=1S/C38H55N6O12P/c1-7-8-20-54-38(49)41-16-18-44(19-17-41,24-34(46)56-27(4)5)37(48)31(25-57(50,51)52)43(23-33(45)55-26(2)3)36(47)30-21-32(42-15-14-29(22-42)53-6)40-35(39-30)28-12-10-9-11-13-28/h9-13,21,26-27,29,31H,7-8,14-20,22-25H2,1-6H3,(H-,50,51,52)/p+1/t29-,31-/m0/s1. The van der Waals surface area contributed by atoms with Crippen LogP contribution >= 0.6 is 7.60 Å². The molecule has 314 valence electrons. The van der Waals surface area contributed by atoms with Crippen molar-refractivity contribution in [2.24, 2.45) is 0 Å². The molecule has 2 aliphatic rings. The van der Waals surface area contributed by atoms with E-state index in [1.807, 2.05) is 11.8 Å². The molecule has 2 saturated heterocycles. The Morgan fingerprint density at radius 1 is 0.965 bits per heavy atom. The van der Waals surface area contributed by atoms with E-state index in [1.165, 1.54) is 11.0 Å². The van der Waals surface area contributed by atoms with Gasteiger partial charge in [-0.25, -0.2) is 28.8 Å². The highest BCUT2D eigenvalue weighted by molar-refractivity contribution is 7.51. The van der Waals surface area contributed by atoms with Gasteiger partial charge in [-0.3, -0.25) is 19.1 Å². The average Bonchev–Trinajstić information content (AvgIpc) is 3.65. The highest BCUT2D eigenvalue weighted by Gasteiger charge is 2.51. The lowest BCUT2D eigenvalue weighted by Gasteiger charge is -2.44. The molecule has 19 heteroatoms. The van der Waals surface area contributed by atoms with Gasteiger partial charge in [0.25, 0.3) is 5.91 Å². The summed E-state index contributed by atoms with van der Waals surface area (Å²) < 4.78 is 33.9. The smallest absolute Gasteiger partial charge is 0.410 e. The topological polar surface area (TPSA) is 215 Å². The number of amides is 3. The number of hydrogen-bond acceptors (Lipinski definition) is 13. The van der Waals surface area contributed by atoms with Crippen LogP contribution < -0.4 is 4.90 Å². The zero-order chi connectivity index (χ0) is 41.9. The summed E-state index contributed by atoms with van der Waals surface area (Å²) in [7, 11) is -3.54. The van der Waals surface area contributed by atoms with Crippen molar-refractivity contribution in [3.05, 3.63) is 42.1 Å². The number of ether oxygens (including phenoxy) is 4. The lowest BCUT2D eigenvalue weighted by molar-refractivity contribution is -0.852. The molecular weight excluding hydrogens is 763 g/mol. The number of aromatic nitrogens is 2. The van der Waals surface area contributed by atoms with Gasteiger partial charge in [-0.1, -0.05) is 43.7 Å². The van der Waals surface area contributed by atoms with Gasteiger partial charge in [-0.05, 0) is 40.5 Å². The quantitative estimate of drug-likeness (QED) is 0.0772. The summed E-state index contributed by atoms with van der Waals surface area (Å²) in [5.41, 5.74) is 0.301. The summed E-state index contributed by atoms with van der Waals surface area (Å²) in [6, 6.07) is 8.26. The zero-order valence-corrected chi connectivity index (χ0v) is 34.5.